The summed E-state index contributed by atoms with van der Waals surface area (Å²) >= 11 is 0. The van der Waals surface area contributed by atoms with E-state index in [1.54, 1.807) is 0 Å². The Morgan fingerprint density at radius 2 is 1.27 bits per heavy atom. The fourth-order valence-corrected chi connectivity index (χ4v) is 3.67. The first-order chi connectivity index (χ1) is 12.6. The minimum Gasteiger partial charge on any atom is -0.237 e. The number of para-hydroxylation sites is 1. The van der Waals surface area contributed by atoms with Gasteiger partial charge in [-0.3, -0.25) is 0 Å². The molecule has 4 aromatic rings. The average molecular weight is 338 g/mol. The van der Waals surface area contributed by atoms with Crippen LogP contribution in [0.2, 0.25) is 0 Å². The standard InChI is InChI=1S/C24H22N2/c1-17-14-21(20-10-6-4-7-11-20)15-18(2)24(17)23-16-25-26(19(23)3)22-12-8-5-9-13-22/h4-16H,1-3H3. The molecular formula is C24H22N2. The van der Waals surface area contributed by atoms with Gasteiger partial charge >= 0.3 is 0 Å². The first-order valence-corrected chi connectivity index (χ1v) is 8.92. The van der Waals surface area contributed by atoms with E-state index in [1.807, 2.05) is 29.1 Å². The highest BCUT2D eigenvalue weighted by atomic mass is 15.3. The molecule has 0 atom stereocenters. The monoisotopic (exact) mass is 338 g/mol. The molecule has 4 rings (SSSR count). The van der Waals surface area contributed by atoms with E-state index in [9.17, 15) is 0 Å². The maximum atomic E-state index is 4.64. The summed E-state index contributed by atoms with van der Waals surface area (Å²) in [6.45, 7) is 6.52. The number of rotatable bonds is 3. The molecule has 0 saturated carbocycles. The van der Waals surface area contributed by atoms with Gasteiger partial charge in [0, 0.05) is 11.3 Å². The summed E-state index contributed by atoms with van der Waals surface area (Å²) in [5.41, 5.74) is 9.80. The van der Waals surface area contributed by atoms with E-state index < -0.39 is 0 Å². The van der Waals surface area contributed by atoms with Crippen molar-refractivity contribution in [3.8, 4) is 27.9 Å². The Morgan fingerprint density at radius 3 is 1.88 bits per heavy atom. The van der Waals surface area contributed by atoms with Crippen molar-refractivity contribution in [3.63, 3.8) is 0 Å². The van der Waals surface area contributed by atoms with Gasteiger partial charge in [-0.2, -0.15) is 5.10 Å². The summed E-state index contributed by atoms with van der Waals surface area (Å²) in [5.74, 6) is 0. The molecule has 26 heavy (non-hydrogen) atoms. The predicted octanol–water partition coefficient (Wildman–Crippen LogP) is 6.13. The molecule has 0 aliphatic rings. The zero-order valence-corrected chi connectivity index (χ0v) is 15.4. The predicted molar refractivity (Wildman–Crippen MR) is 109 cm³/mol. The van der Waals surface area contributed by atoms with Gasteiger partial charge in [0.2, 0.25) is 0 Å². The van der Waals surface area contributed by atoms with Crippen molar-refractivity contribution in [1.29, 1.82) is 0 Å². The van der Waals surface area contributed by atoms with Crippen LogP contribution < -0.4 is 0 Å². The van der Waals surface area contributed by atoms with E-state index in [1.165, 1.54) is 33.4 Å². The third kappa shape index (κ3) is 2.84. The number of benzene rings is 3. The summed E-state index contributed by atoms with van der Waals surface area (Å²) in [6.07, 6.45) is 1.99. The third-order valence-electron chi connectivity index (χ3n) is 4.92. The highest BCUT2D eigenvalue weighted by molar-refractivity contribution is 5.77. The van der Waals surface area contributed by atoms with Crippen molar-refractivity contribution in [3.05, 3.63) is 95.8 Å². The highest BCUT2D eigenvalue weighted by Gasteiger charge is 2.15. The van der Waals surface area contributed by atoms with Gasteiger partial charge in [-0.1, -0.05) is 60.7 Å². The Hall–Kier alpha value is -3.13. The lowest BCUT2D eigenvalue weighted by Crippen LogP contribution is -1.99. The van der Waals surface area contributed by atoms with Crippen molar-refractivity contribution in [2.24, 2.45) is 0 Å². The van der Waals surface area contributed by atoms with Crippen molar-refractivity contribution in [2.45, 2.75) is 20.8 Å². The second-order valence-electron chi connectivity index (χ2n) is 6.74. The van der Waals surface area contributed by atoms with Gasteiger partial charge in [-0.25, -0.2) is 4.68 Å². The molecule has 1 heterocycles. The van der Waals surface area contributed by atoms with Crippen LogP contribution in [-0.2, 0) is 0 Å². The van der Waals surface area contributed by atoms with Crippen LogP contribution in [0.3, 0.4) is 0 Å². The van der Waals surface area contributed by atoms with Gasteiger partial charge in [0.1, 0.15) is 0 Å². The molecule has 2 nitrogen and oxygen atoms in total. The summed E-state index contributed by atoms with van der Waals surface area (Å²) in [7, 11) is 0. The number of nitrogens with zero attached hydrogens (tertiary/aromatic N) is 2. The second-order valence-corrected chi connectivity index (χ2v) is 6.74. The summed E-state index contributed by atoms with van der Waals surface area (Å²) in [4.78, 5) is 0. The van der Waals surface area contributed by atoms with Gasteiger partial charge < -0.3 is 0 Å². The molecule has 2 heteroatoms. The third-order valence-corrected chi connectivity index (χ3v) is 4.92. The van der Waals surface area contributed by atoms with Crippen LogP contribution >= 0.6 is 0 Å². The Kier molecular flexibility index (Phi) is 4.18. The number of hydrogen-bond acceptors (Lipinski definition) is 1. The Balaban J connectivity index is 1.81. The topological polar surface area (TPSA) is 17.8 Å². The molecule has 3 aromatic carbocycles. The zero-order valence-electron chi connectivity index (χ0n) is 15.4. The molecule has 0 spiro atoms. The minimum atomic E-state index is 1.09. The van der Waals surface area contributed by atoms with E-state index in [4.69, 9.17) is 0 Å². The quantitative estimate of drug-likeness (QED) is 0.439. The van der Waals surface area contributed by atoms with Gasteiger partial charge in [0.25, 0.3) is 0 Å². The van der Waals surface area contributed by atoms with Crippen molar-refractivity contribution >= 4 is 0 Å². The molecule has 0 aliphatic carbocycles. The second kappa shape index (κ2) is 6.64. The number of hydrogen-bond donors (Lipinski definition) is 0. The van der Waals surface area contributed by atoms with Crippen LogP contribution in [0, 0.1) is 20.8 Å². The molecule has 0 radical (unpaired) electrons. The van der Waals surface area contributed by atoms with E-state index >= 15 is 0 Å². The van der Waals surface area contributed by atoms with Crippen LogP contribution in [0.15, 0.2) is 79.0 Å². The van der Waals surface area contributed by atoms with E-state index in [0.29, 0.717) is 0 Å². The first kappa shape index (κ1) is 16.3. The Morgan fingerprint density at radius 1 is 0.692 bits per heavy atom. The highest BCUT2D eigenvalue weighted by Crippen LogP contribution is 2.34. The maximum absolute atomic E-state index is 4.64. The number of aryl methyl sites for hydroxylation is 2. The van der Waals surface area contributed by atoms with Gasteiger partial charge in [0.05, 0.1) is 11.9 Å². The van der Waals surface area contributed by atoms with Gasteiger partial charge in [-0.15, -0.1) is 0 Å². The van der Waals surface area contributed by atoms with Crippen LogP contribution in [0.1, 0.15) is 16.8 Å². The SMILES string of the molecule is Cc1cc(-c2ccccc2)cc(C)c1-c1cnn(-c2ccccc2)c1C. The Bertz CT molecular complexity index is 1020. The normalized spacial score (nSPS) is 10.9. The fraction of sp³-hybridized carbons (Fsp3) is 0.125. The summed E-state index contributed by atoms with van der Waals surface area (Å²) in [6, 6.07) is 25.4. The van der Waals surface area contributed by atoms with E-state index in [2.05, 4.69) is 80.5 Å². The molecule has 0 saturated heterocycles. The average Bonchev–Trinajstić information content (AvgIpc) is 3.04. The number of aromatic nitrogens is 2. The molecular weight excluding hydrogens is 316 g/mol. The lowest BCUT2D eigenvalue weighted by Gasteiger charge is -2.13. The smallest absolute Gasteiger partial charge is 0.0648 e. The lowest BCUT2D eigenvalue weighted by molar-refractivity contribution is 0.847. The molecule has 128 valence electrons. The van der Waals surface area contributed by atoms with Gasteiger partial charge in [0.15, 0.2) is 0 Å². The van der Waals surface area contributed by atoms with E-state index in [0.717, 1.165) is 11.4 Å². The van der Waals surface area contributed by atoms with Crippen LogP contribution in [-0.4, -0.2) is 9.78 Å². The summed E-state index contributed by atoms with van der Waals surface area (Å²) < 4.78 is 2.01. The van der Waals surface area contributed by atoms with Crippen molar-refractivity contribution < 1.29 is 0 Å². The zero-order chi connectivity index (χ0) is 18.1. The lowest BCUT2D eigenvalue weighted by atomic mass is 9.92. The molecule has 0 aliphatic heterocycles. The molecule has 1 aromatic heterocycles. The fourth-order valence-electron chi connectivity index (χ4n) is 3.67. The van der Waals surface area contributed by atoms with Crippen LogP contribution in [0.5, 0.6) is 0 Å². The van der Waals surface area contributed by atoms with Gasteiger partial charge in [-0.05, 0) is 60.7 Å². The maximum Gasteiger partial charge on any atom is 0.0648 e. The van der Waals surface area contributed by atoms with Crippen molar-refractivity contribution in [2.75, 3.05) is 0 Å². The van der Waals surface area contributed by atoms with E-state index in [-0.39, 0.29) is 0 Å². The minimum absolute atomic E-state index is 1.09. The molecule has 0 amide bonds. The van der Waals surface area contributed by atoms with Crippen molar-refractivity contribution in [1.82, 2.24) is 9.78 Å². The van der Waals surface area contributed by atoms with Crippen LogP contribution in [0.25, 0.3) is 27.9 Å². The molecule has 0 fully saturated rings. The molecule has 0 bridgehead atoms. The molecule has 0 unspecified atom stereocenters. The van der Waals surface area contributed by atoms with Crippen LogP contribution in [0.4, 0.5) is 0 Å². The largest absolute Gasteiger partial charge is 0.237 e. The Labute approximate surface area is 154 Å². The summed E-state index contributed by atoms with van der Waals surface area (Å²) in [5, 5.41) is 4.64. The first-order valence-electron chi connectivity index (χ1n) is 8.92. The molecule has 0 N–H and O–H groups in total.